The summed E-state index contributed by atoms with van der Waals surface area (Å²) in [6.45, 7) is 0.662. The summed E-state index contributed by atoms with van der Waals surface area (Å²) < 4.78 is 1.54. The molecule has 1 fully saturated rings. The van der Waals surface area contributed by atoms with Gasteiger partial charge in [-0.3, -0.25) is 9.59 Å². The minimum atomic E-state index is -0.0799. The van der Waals surface area contributed by atoms with Crippen LogP contribution in [0.25, 0.3) is 0 Å². The molecular weight excluding hydrogens is 256 g/mol. The van der Waals surface area contributed by atoms with Crippen molar-refractivity contribution in [3.05, 3.63) is 34.7 Å². The van der Waals surface area contributed by atoms with Gasteiger partial charge in [0.2, 0.25) is 5.91 Å². The molecule has 5 nitrogen and oxygen atoms in total. The van der Waals surface area contributed by atoms with Crippen molar-refractivity contribution >= 4 is 5.91 Å². The highest BCUT2D eigenvalue weighted by molar-refractivity contribution is 5.76. The van der Waals surface area contributed by atoms with E-state index in [1.54, 1.807) is 22.9 Å². The van der Waals surface area contributed by atoms with Crippen molar-refractivity contribution in [3.63, 3.8) is 0 Å². The summed E-state index contributed by atoms with van der Waals surface area (Å²) in [5.74, 6) is 0.388. The van der Waals surface area contributed by atoms with Crippen LogP contribution in [-0.2, 0) is 11.3 Å². The molecule has 0 atom stereocenters. The highest BCUT2D eigenvalue weighted by Gasteiger charge is 2.21. The SMILES string of the molecule is O=C(CCn1ccccc1=O)NC1CCC(CO)CC1. The number of amides is 1. The minimum absolute atomic E-state index is 0.00629. The van der Waals surface area contributed by atoms with Crippen LogP contribution in [0.15, 0.2) is 29.2 Å². The zero-order valence-electron chi connectivity index (χ0n) is 11.6. The van der Waals surface area contributed by atoms with Gasteiger partial charge in [-0.15, -0.1) is 0 Å². The fraction of sp³-hybridized carbons (Fsp3) is 0.600. The quantitative estimate of drug-likeness (QED) is 0.841. The molecule has 20 heavy (non-hydrogen) atoms. The van der Waals surface area contributed by atoms with Crippen LogP contribution in [0.4, 0.5) is 0 Å². The number of aryl methyl sites for hydroxylation is 1. The molecule has 0 aliphatic heterocycles. The Kier molecular flexibility index (Phi) is 5.35. The normalized spacial score (nSPS) is 22.4. The third kappa shape index (κ3) is 4.20. The third-order valence-electron chi connectivity index (χ3n) is 3.95. The standard InChI is InChI=1S/C15H22N2O3/c18-11-12-4-6-13(7-5-12)16-14(19)8-10-17-9-2-1-3-15(17)20/h1-3,9,12-13,18H,4-8,10-11H2,(H,16,19). The summed E-state index contributed by atoms with van der Waals surface area (Å²) in [6.07, 6.45) is 5.83. The number of aromatic nitrogens is 1. The number of nitrogens with one attached hydrogen (secondary N) is 1. The van der Waals surface area contributed by atoms with Gasteiger partial charge in [-0.1, -0.05) is 6.07 Å². The Morgan fingerprint density at radius 3 is 2.70 bits per heavy atom. The van der Waals surface area contributed by atoms with E-state index in [-0.39, 0.29) is 24.1 Å². The van der Waals surface area contributed by atoms with Crippen molar-refractivity contribution in [2.45, 2.75) is 44.7 Å². The summed E-state index contributed by atoms with van der Waals surface area (Å²) in [5, 5.41) is 12.1. The van der Waals surface area contributed by atoms with Crippen LogP contribution >= 0.6 is 0 Å². The fourth-order valence-electron chi connectivity index (χ4n) is 2.66. The first kappa shape index (κ1) is 14.8. The van der Waals surface area contributed by atoms with Gasteiger partial charge in [0.05, 0.1) is 0 Å². The van der Waals surface area contributed by atoms with Gasteiger partial charge in [0.25, 0.3) is 5.56 Å². The molecule has 0 aromatic carbocycles. The summed E-state index contributed by atoms with van der Waals surface area (Å²) >= 11 is 0. The Bertz CT molecular complexity index is 490. The zero-order valence-corrected chi connectivity index (χ0v) is 11.6. The number of aliphatic hydroxyl groups excluding tert-OH is 1. The molecule has 0 spiro atoms. The predicted molar refractivity (Wildman–Crippen MR) is 76.3 cm³/mol. The number of hydrogen-bond donors (Lipinski definition) is 2. The van der Waals surface area contributed by atoms with E-state index in [1.165, 1.54) is 6.07 Å². The Balaban J connectivity index is 1.74. The van der Waals surface area contributed by atoms with Crippen molar-refractivity contribution in [2.75, 3.05) is 6.61 Å². The Morgan fingerprint density at radius 2 is 2.05 bits per heavy atom. The molecule has 1 aliphatic carbocycles. The summed E-state index contributed by atoms with van der Waals surface area (Å²) in [6, 6.07) is 5.19. The lowest BCUT2D eigenvalue weighted by Gasteiger charge is -2.28. The molecule has 1 aliphatic rings. The molecule has 0 radical (unpaired) electrons. The van der Waals surface area contributed by atoms with Gasteiger partial charge in [-0.2, -0.15) is 0 Å². The van der Waals surface area contributed by atoms with E-state index in [9.17, 15) is 9.59 Å². The second kappa shape index (κ2) is 7.24. The van der Waals surface area contributed by atoms with E-state index >= 15 is 0 Å². The predicted octanol–water partition coefficient (Wildman–Crippen LogP) is 0.906. The Morgan fingerprint density at radius 1 is 1.30 bits per heavy atom. The monoisotopic (exact) mass is 278 g/mol. The van der Waals surface area contributed by atoms with E-state index in [4.69, 9.17) is 5.11 Å². The number of pyridine rings is 1. The van der Waals surface area contributed by atoms with Gasteiger partial charge in [0, 0.05) is 37.9 Å². The van der Waals surface area contributed by atoms with E-state index in [0.29, 0.717) is 18.9 Å². The van der Waals surface area contributed by atoms with Gasteiger partial charge < -0.3 is 15.0 Å². The van der Waals surface area contributed by atoms with Crippen LogP contribution in [0.3, 0.4) is 0 Å². The number of hydrogen-bond acceptors (Lipinski definition) is 3. The summed E-state index contributed by atoms with van der Waals surface area (Å²) in [4.78, 5) is 23.4. The van der Waals surface area contributed by atoms with E-state index < -0.39 is 0 Å². The van der Waals surface area contributed by atoms with Gasteiger partial charge in [0.15, 0.2) is 0 Å². The smallest absolute Gasteiger partial charge is 0.250 e. The molecule has 2 N–H and O–H groups in total. The van der Waals surface area contributed by atoms with Crippen molar-refractivity contribution in [1.82, 2.24) is 9.88 Å². The molecule has 1 saturated carbocycles. The summed E-state index contributed by atoms with van der Waals surface area (Å²) in [5.41, 5.74) is -0.0799. The van der Waals surface area contributed by atoms with Crippen molar-refractivity contribution in [3.8, 4) is 0 Å². The first-order valence-electron chi connectivity index (χ1n) is 7.24. The molecular formula is C15H22N2O3. The largest absolute Gasteiger partial charge is 0.396 e. The van der Waals surface area contributed by atoms with E-state index in [1.807, 2.05) is 0 Å². The topological polar surface area (TPSA) is 71.3 Å². The van der Waals surface area contributed by atoms with Crippen LogP contribution in [-0.4, -0.2) is 28.2 Å². The average molecular weight is 278 g/mol. The van der Waals surface area contributed by atoms with Crippen molar-refractivity contribution in [2.24, 2.45) is 5.92 Å². The lowest BCUT2D eigenvalue weighted by atomic mass is 9.86. The van der Waals surface area contributed by atoms with Gasteiger partial charge in [0.1, 0.15) is 0 Å². The molecule has 2 rings (SSSR count). The minimum Gasteiger partial charge on any atom is -0.396 e. The second-order valence-corrected chi connectivity index (χ2v) is 5.45. The zero-order chi connectivity index (χ0) is 14.4. The van der Waals surface area contributed by atoms with Crippen molar-refractivity contribution < 1.29 is 9.90 Å². The average Bonchev–Trinajstić information content (AvgIpc) is 2.47. The van der Waals surface area contributed by atoms with Crippen LogP contribution < -0.4 is 10.9 Å². The maximum absolute atomic E-state index is 11.9. The first-order chi connectivity index (χ1) is 9.69. The second-order valence-electron chi connectivity index (χ2n) is 5.45. The lowest BCUT2D eigenvalue weighted by molar-refractivity contribution is -0.122. The Hall–Kier alpha value is -1.62. The number of carbonyl (C=O) groups is 1. The van der Waals surface area contributed by atoms with E-state index in [0.717, 1.165) is 25.7 Å². The molecule has 1 aromatic heterocycles. The van der Waals surface area contributed by atoms with E-state index in [2.05, 4.69) is 5.32 Å². The van der Waals surface area contributed by atoms with Gasteiger partial charge in [-0.05, 0) is 37.7 Å². The van der Waals surface area contributed by atoms with Crippen LogP contribution in [0.1, 0.15) is 32.1 Å². The highest BCUT2D eigenvalue weighted by atomic mass is 16.3. The Labute approximate surface area is 118 Å². The van der Waals surface area contributed by atoms with Gasteiger partial charge >= 0.3 is 0 Å². The number of carbonyl (C=O) groups excluding carboxylic acids is 1. The third-order valence-corrected chi connectivity index (χ3v) is 3.95. The maximum atomic E-state index is 11.9. The fourth-order valence-corrected chi connectivity index (χ4v) is 2.66. The highest BCUT2D eigenvalue weighted by Crippen LogP contribution is 2.23. The molecule has 110 valence electrons. The molecule has 0 saturated heterocycles. The van der Waals surface area contributed by atoms with Gasteiger partial charge in [-0.25, -0.2) is 0 Å². The number of rotatable bonds is 5. The van der Waals surface area contributed by atoms with Crippen LogP contribution in [0.2, 0.25) is 0 Å². The molecule has 0 unspecified atom stereocenters. The molecule has 0 bridgehead atoms. The first-order valence-corrected chi connectivity index (χ1v) is 7.24. The molecule has 1 heterocycles. The van der Waals surface area contributed by atoms with Crippen molar-refractivity contribution in [1.29, 1.82) is 0 Å². The molecule has 1 aromatic rings. The maximum Gasteiger partial charge on any atom is 0.250 e. The lowest BCUT2D eigenvalue weighted by Crippen LogP contribution is -2.38. The van der Waals surface area contributed by atoms with Crippen LogP contribution in [0.5, 0.6) is 0 Å². The molecule has 5 heteroatoms. The number of nitrogens with zero attached hydrogens (tertiary/aromatic N) is 1. The number of aliphatic hydroxyl groups is 1. The van der Waals surface area contributed by atoms with Crippen LogP contribution in [0, 0.1) is 5.92 Å². The molecule has 1 amide bonds. The summed E-state index contributed by atoms with van der Waals surface area (Å²) in [7, 11) is 0.